The van der Waals surface area contributed by atoms with Crippen molar-refractivity contribution in [2.24, 2.45) is 5.41 Å². The van der Waals surface area contributed by atoms with Crippen LogP contribution in [0.15, 0.2) is 6.20 Å². The number of hydrogen-bond donors (Lipinski definition) is 2. The second-order valence-electron chi connectivity index (χ2n) is 6.11. The predicted octanol–water partition coefficient (Wildman–Crippen LogP) is 1.18. The Morgan fingerprint density at radius 3 is 2.68 bits per heavy atom. The van der Waals surface area contributed by atoms with Crippen LogP contribution in [0.3, 0.4) is 0 Å². The molecule has 0 aromatic carbocycles. The number of nitrogens with zero attached hydrogens (tertiary/aromatic N) is 1. The van der Waals surface area contributed by atoms with Crippen LogP contribution in [0.5, 0.6) is 0 Å². The van der Waals surface area contributed by atoms with Crippen LogP contribution in [0.1, 0.15) is 35.5 Å². The van der Waals surface area contributed by atoms with E-state index in [1.54, 1.807) is 6.20 Å². The summed E-state index contributed by atoms with van der Waals surface area (Å²) in [6.07, 6.45) is 1.61. The van der Waals surface area contributed by atoms with Crippen LogP contribution >= 0.6 is 11.3 Å². The standard InChI is InChI=1S/C13H20N2O3S/c1-12(2,3)11-14-4-9(19-11)10(17)15-5-13(6-16)7-18-8-13/h4,16H,5-8H2,1-3H3,(H,15,17). The summed E-state index contributed by atoms with van der Waals surface area (Å²) in [7, 11) is 0. The SMILES string of the molecule is CC(C)(C)c1ncc(C(=O)NCC2(CO)COC2)s1. The topological polar surface area (TPSA) is 71.5 Å². The van der Waals surface area contributed by atoms with Crippen LogP contribution in [-0.2, 0) is 10.2 Å². The van der Waals surface area contributed by atoms with Crippen LogP contribution < -0.4 is 5.32 Å². The molecule has 0 bridgehead atoms. The van der Waals surface area contributed by atoms with Gasteiger partial charge in [-0.15, -0.1) is 11.3 Å². The van der Waals surface area contributed by atoms with Gasteiger partial charge in [-0.3, -0.25) is 4.79 Å². The summed E-state index contributed by atoms with van der Waals surface area (Å²) < 4.78 is 5.09. The number of carbonyl (C=O) groups excluding carboxylic acids is 1. The van der Waals surface area contributed by atoms with Crippen LogP contribution in [0, 0.1) is 5.41 Å². The molecule has 2 N–H and O–H groups in total. The number of carbonyl (C=O) groups is 1. The van der Waals surface area contributed by atoms with E-state index in [1.807, 2.05) is 0 Å². The highest BCUT2D eigenvalue weighted by molar-refractivity contribution is 7.13. The Balaban J connectivity index is 1.95. The summed E-state index contributed by atoms with van der Waals surface area (Å²) in [4.78, 5) is 16.9. The summed E-state index contributed by atoms with van der Waals surface area (Å²) in [5.41, 5.74) is -0.343. The van der Waals surface area contributed by atoms with Gasteiger partial charge < -0.3 is 15.2 Å². The van der Waals surface area contributed by atoms with Crippen molar-refractivity contribution in [3.8, 4) is 0 Å². The van der Waals surface area contributed by atoms with Gasteiger partial charge in [0.1, 0.15) is 4.88 Å². The molecule has 19 heavy (non-hydrogen) atoms. The molecule has 1 aliphatic rings. The van der Waals surface area contributed by atoms with Crippen molar-refractivity contribution in [2.45, 2.75) is 26.2 Å². The summed E-state index contributed by atoms with van der Waals surface area (Å²) in [5, 5.41) is 13.1. The smallest absolute Gasteiger partial charge is 0.263 e. The Labute approximate surface area is 117 Å². The lowest BCUT2D eigenvalue weighted by Gasteiger charge is -2.39. The fourth-order valence-corrected chi connectivity index (χ4v) is 2.61. The second-order valence-corrected chi connectivity index (χ2v) is 7.14. The molecule has 106 valence electrons. The van der Waals surface area contributed by atoms with Crippen LogP contribution in [-0.4, -0.2) is 42.4 Å². The molecule has 2 heterocycles. The maximum atomic E-state index is 12.0. The minimum atomic E-state index is -0.298. The van der Waals surface area contributed by atoms with Gasteiger partial charge in [0.05, 0.1) is 36.4 Å². The summed E-state index contributed by atoms with van der Waals surface area (Å²) in [6, 6.07) is 0. The van der Waals surface area contributed by atoms with Gasteiger partial charge >= 0.3 is 0 Å². The van der Waals surface area contributed by atoms with Crippen molar-refractivity contribution in [1.29, 1.82) is 0 Å². The lowest BCUT2D eigenvalue weighted by molar-refractivity contribution is -0.133. The normalized spacial score (nSPS) is 17.9. The summed E-state index contributed by atoms with van der Waals surface area (Å²) >= 11 is 1.41. The van der Waals surface area contributed by atoms with E-state index in [2.05, 4.69) is 31.1 Å². The van der Waals surface area contributed by atoms with E-state index in [0.717, 1.165) is 5.01 Å². The molecule has 0 unspecified atom stereocenters. The highest BCUT2D eigenvalue weighted by Gasteiger charge is 2.38. The van der Waals surface area contributed by atoms with Crippen molar-refractivity contribution < 1.29 is 14.6 Å². The number of aliphatic hydroxyl groups is 1. The van der Waals surface area contributed by atoms with Crippen molar-refractivity contribution in [3.63, 3.8) is 0 Å². The number of amides is 1. The Morgan fingerprint density at radius 1 is 1.58 bits per heavy atom. The molecule has 0 radical (unpaired) electrons. The van der Waals surface area contributed by atoms with Crippen molar-refractivity contribution in [3.05, 3.63) is 16.1 Å². The second kappa shape index (κ2) is 5.19. The molecule has 0 spiro atoms. The minimum absolute atomic E-state index is 0.0310. The van der Waals surface area contributed by atoms with Gasteiger partial charge in [0.25, 0.3) is 5.91 Å². The highest BCUT2D eigenvalue weighted by Crippen LogP contribution is 2.28. The molecule has 1 amide bonds. The Hall–Kier alpha value is -0.980. The molecule has 1 aromatic rings. The average molecular weight is 284 g/mol. The van der Waals surface area contributed by atoms with Crippen molar-refractivity contribution in [2.75, 3.05) is 26.4 Å². The molecule has 1 saturated heterocycles. The first-order chi connectivity index (χ1) is 8.86. The third-order valence-corrected chi connectivity index (χ3v) is 4.57. The quantitative estimate of drug-likeness (QED) is 0.871. The lowest BCUT2D eigenvalue weighted by atomic mass is 9.87. The largest absolute Gasteiger partial charge is 0.396 e. The number of aromatic nitrogens is 1. The zero-order valence-corrected chi connectivity index (χ0v) is 12.3. The number of thiazole rings is 1. The summed E-state index contributed by atoms with van der Waals surface area (Å²) in [5.74, 6) is -0.132. The van der Waals surface area contributed by atoms with E-state index in [-0.39, 0.29) is 23.3 Å². The van der Waals surface area contributed by atoms with Gasteiger partial charge in [-0.1, -0.05) is 20.8 Å². The van der Waals surface area contributed by atoms with E-state index >= 15 is 0 Å². The maximum absolute atomic E-state index is 12.0. The Kier molecular flexibility index (Phi) is 3.94. The number of hydrogen-bond acceptors (Lipinski definition) is 5. The first-order valence-corrected chi connectivity index (χ1v) is 7.11. The number of ether oxygens (including phenoxy) is 1. The van der Waals surface area contributed by atoms with Crippen LogP contribution in [0.4, 0.5) is 0 Å². The molecule has 0 atom stereocenters. The van der Waals surface area contributed by atoms with Crippen molar-refractivity contribution in [1.82, 2.24) is 10.3 Å². The highest BCUT2D eigenvalue weighted by atomic mass is 32.1. The van der Waals surface area contributed by atoms with Gasteiger partial charge in [-0.2, -0.15) is 0 Å². The van der Waals surface area contributed by atoms with Crippen molar-refractivity contribution >= 4 is 17.2 Å². The van der Waals surface area contributed by atoms with Crippen LogP contribution in [0.25, 0.3) is 0 Å². The van der Waals surface area contributed by atoms with Gasteiger partial charge in [0.2, 0.25) is 0 Å². The van der Waals surface area contributed by atoms with Gasteiger partial charge in [-0.25, -0.2) is 4.98 Å². The third-order valence-electron chi connectivity index (χ3n) is 3.15. The minimum Gasteiger partial charge on any atom is -0.396 e. The van der Waals surface area contributed by atoms with E-state index in [9.17, 15) is 9.90 Å². The van der Waals surface area contributed by atoms with E-state index < -0.39 is 0 Å². The molecule has 6 heteroatoms. The van der Waals surface area contributed by atoms with E-state index in [1.165, 1.54) is 11.3 Å². The molecule has 5 nitrogen and oxygen atoms in total. The number of aliphatic hydroxyl groups excluding tert-OH is 1. The summed E-state index contributed by atoms with van der Waals surface area (Å²) in [6.45, 7) is 7.67. The van der Waals surface area contributed by atoms with Gasteiger partial charge in [-0.05, 0) is 0 Å². The molecular weight excluding hydrogens is 264 g/mol. The molecular formula is C13H20N2O3S. The number of rotatable bonds is 4. The molecule has 0 saturated carbocycles. The maximum Gasteiger partial charge on any atom is 0.263 e. The monoisotopic (exact) mass is 284 g/mol. The fraction of sp³-hybridized carbons (Fsp3) is 0.692. The number of nitrogens with one attached hydrogen (secondary N) is 1. The van der Waals surface area contributed by atoms with Gasteiger partial charge in [0, 0.05) is 12.0 Å². The molecule has 1 aliphatic heterocycles. The predicted molar refractivity (Wildman–Crippen MR) is 73.5 cm³/mol. The first kappa shape index (κ1) is 14.4. The van der Waals surface area contributed by atoms with Crippen LogP contribution in [0.2, 0.25) is 0 Å². The average Bonchev–Trinajstić information content (AvgIpc) is 2.76. The molecule has 0 aliphatic carbocycles. The molecule has 1 fully saturated rings. The van der Waals surface area contributed by atoms with Gasteiger partial charge in [0.15, 0.2) is 0 Å². The molecule has 1 aromatic heterocycles. The Bertz CT molecular complexity index is 455. The zero-order chi connectivity index (χ0) is 14.1. The zero-order valence-electron chi connectivity index (χ0n) is 11.5. The lowest BCUT2D eigenvalue weighted by Crippen LogP contribution is -2.53. The first-order valence-electron chi connectivity index (χ1n) is 6.29. The van der Waals surface area contributed by atoms with E-state index in [4.69, 9.17) is 4.74 Å². The third kappa shape index (κ3) is 3.13. The fourth-order valence-electron chi connectivity index (χ4n) is 1.72. The molecule has 2 rings (SSSR count). The van der Waals surface area contributed by atoms with E-state index in [0.29, 0.717) is 24.6 Å². The Morgan fingerprint density at radius 2 is 2.26 bits per heavy atom.